The number of hydrogen-bond acceptors (Lipinski definition) is 2. The normalized spacial score (nSPS) is 31.9. The second kappa shape index (κ2) is 5.60. The van der Waals surface area contributed by atoms with Crippen molar-refractivity contribution in [1.82, 2.24) is 10.2 Å². The first kappa shape index (κ1) is 13.9. The van der Waals surface area contributed by atoms with E-state index in [1.165, 1.54) is 25.7 Å². The molecule has 0 atom stereocenters. The van der Waals surface area contributed by atoms with E-state index < -0.39 is 0 Å². The first-order valence-corrected chi connectivity index (χ1v) is 7.51. The number of carbonyl (C=O) groups is 1. The summed E-state index contributed by atoms with van der Waals surface area (Å²) in [6.07, 6.45) is 6.91. The Hall–Kier alpha value is -0.570. The molecule has 2 rings (SSSR count). The Labute approximate surface area is 111 Å². The van der Waals surface area contributed by atoms with Gasteiger partial charge in [0.15, 0.2) is 0 Å². The van der Waals surface area contributed by atoms with Crippen LogP contribution in [0.3, 0.4) is 0 Å². The maximum absolute atomic E-state index is 12.7. The first-order valence-electron chi connectivity index (χ1n) is 7.51. The van der Waals surface area contributed by atoms with Crippen LogP contribution in [0, 0.1) is 11.3 Å². The van der Waals surface area contributed by atoms with Gasteiger partial charge in [0.05, 0.1) is 0 Å². The fraction of sp³-hybridized carbons (Fsp3) is 0.933. The maximum Gasteiger partial charge on any atom is 0.228 e. The third-order valence-corrected chi connectivity index (χ3v) is 5.08. The van der Waals surface area contributed by atoms with E-state index in [1.807, 2.05) is 7.05 Å². The van der Waals surface area contributed by atoms with Crippen molar-refractivity contribution in [2.45, 2.75) is 58.4 Å². The molecule has 0 radical (unpaired) electrons. The molecule has 1 N–H and O–H groups in total. The molecule has 0 bridgehead atoms. The third kappa shape index (κ3) is 2.87. The van der Waals surface area contributed by atoms with Gasteiger partial charge in [0.1, 0.15) is 0 Å². The molecule has 0 aromatic rings. The maximum atomic E-state index is 12.7. The molecular weight excluding hydrogens is 224 g/mol. The Bertz CT molecular complexity index is 289. The molecule has 1 saturated heterocycles. The molecule has 0 aromatic carbocycles. The van der Waals surface area contributed by atoms with Crippen molar-refractivity contribution < 1.29 is 4.79 Å². The fourth-order valence-corrected chi connectivity index (χ4v) is 3.41. The number of piperidine rings is 1. The van der Waals surface area contributed by atoms with Crippen molar-refractivity contribution >= 4 is 5.91 Å². The van der Waals surface area contributed by atoms with Gasteiger partial charge in [-0.3, -0.25) is 4.79 Å². The summed E-state index contributed by atoms with van der Waals surface area (Å²) in [5, 5.41) is 3.35. The molecule has 1 aliphatic carbocycles. The van der Waals surface area contributed by atoms with Crippen LogP contribution in [-0.2, 0) is 4.79 Å². The molecular formula is C15H28N2O. The topological polar surface area (TPSA) is 32.3 Å². The Morgan fingerprint density at radius 3 is 2.28 bits per heavy atom. The number of nitrogens with zero attached hydrogens (tertiary/aromatic N) is 1. The zero-order chi connectivity index (χ0) is 13.2. The molecule has 1 heterocycles. The summed E-state index contributed by atoms with van der Waals surface area (Å²) in [5.41, 5.74) is -0.122. The minimum absolute atomic E-state index is 0.122. The average Bonchev–Trinajstić information content (AvgIpc) is 2.39. The van der Waals surface area contributed by atoms with Crippen LogP contribution in [0.15, 0.2) is 0 Å². The number of rotatable bonds is 2. The zero-order valence-electron chi connectivity index (χ0n) is 12.2. The van der Waals surface area contributed by atoms with Gasteiger partial charge < -0.3 is 10.2 Å². The van der Waals surface area contributed by atoms with Crippen molar-refractivity contribution in [3.8, 4) is 0 Å². The van der Waals surface area contributed by atoms with E-state index in [1.54, 1.807) is 0 Å². The van der Waals surface area contributed by atoms with Crippen LogP contribution < -0.4 is 5.32 Å². The minimum Gasteiger partial charge on any atom is -0.342 e. The average molecular weight is 252 g/mol. The van der Waals surface area contributed by atoms with Crippen LogP contribution >= 0.6 is 0 Å². The minimum atomic E-state index is -0.122. The highest BCUT2D eigenvalue weighted by molar-refractivity contribution is 5.82. The quantitative estimate of drug-likeness (QED) is 0.818. The molecule has 0 spiro atoms. The second-order valence-electron chi connectivity index (χ2n) is 6.64. The van der Waals surface area contributed by atoms with E-state index in [9.17, 15) is 4.79 Å². The molecule has 3 nitrogen and oxygen atoms in total. The molecule has 3 heteroatoms. The molecule has 0 aromatic heterocycles. The van der Waals surface area contributed by atoms with E-state index in [2.05, 4.69) is 24.1 Å². The number of nitrogens with one attached hydrogen (secondary N) is 1. The van der Waals surface area contributed by atoms with Crippen LogP contribution in [0.4, 0.5) is 0 Å². The monoisotopic (exact) mass is 252 g/mol. The molecule has 0 unspecified atom stereocenters. The summed E-state index contributed by atoms with van der Waals surface area (Å²) < 4.78 is 0. The van der Waals surface area contributed by atoms with E-state index in [0.717, 1.165) is 31.8 Å². The predicted octanol–water partition coefficient (Wildman–Crippen LogP) is 2.41. The lowest BCUT2D eigenvalue weighted by molar-refractivity contribution is -0.144. The van der Waals surface area contributed by atoms with Crippen molar-refractivity contribution in [3.05, 3.63) is 0 Å². The molecule has 1 saturated carbocycles. The lowest BCUT2D eigenvalue weighted by atomic mass is 9.78. The van der Waals surface area contributed by atoms with Gasteiger partial charge in [-0.15, -0.1) is 0 Å². The second-order valence-corrected chi connectivity index (χ2v) is 6.64. The lowest BCUT2D eigenvalue weighted by Gasteiger charge is -2.41. The Balaban J connectivity index is 1.95. The molecule has 104 valence electrons. The predicted molar refractivity (Wildman–Crippen MR) is 74.4 cm³/mol. The summed E-state index contributed by atoms with van der Waals surface area (Å²) in [6.45, 7) is 6.44. The molecule has 18 heavy (non-hydrogen) atoms. The number of carbonyl (C=O) groups excluding carboxylic acids is 1. The SMILES string of the molecule is CC1CCC(N(C)C(=O)C2(C)CCNCC2)CC1. The Kier molecular flexibility index (Phi) is 4.31. The van der Waals surface area contributed by atoms with Crippen molar-refractivity contribution in [2.75, 3.05) is 20.1 Å². The summed E-state index contributed by atoms with van der Waals surface area (Å²) >= 11 is 0. The first-order chi connectivity index (χ1) is 8.53. The van der Waals surface area contributed by atoms with Gasteiger partial charge >= 0.3 is 0 Å². The van der Waals surface area contributed by atoms with Crippen molar-refractivity contribution in [2.24, 2.45) is 11.3 Å². The van der Waals surface area contributed by atoms with Crippen LogP contribution in [0.5, 0.6) is 0 Å². The van der Waals surface area contributed by atoms with Crippen LogP contribution in [0.25, 0.3) is 0 Å². The van der Waals surface area contributed by atoms with Crippen molar-refractivity contribution in [1.29, 1.82) is 0 Å². The van der Waals surface area contributed by atoms with Gasteiger partial charge in [0.2, 0.25) is 5.91 Å². The summed E-state index contributed by atoms with van der Waals surface area (Å²) in [4.78, 5) is 14.8. The van der Waals surface area contributed by atoms with Gasteiger partial charge in [0.25, 0.3) is 0 Å². The van der Waals surface area contributed by atoms with Gasteiger partial charge in [0, 0.05) is 18.5 Å². The van der Waals surface area contributed by atoms with E-state index in [0.29, 0.717) is 11.9 Å². The largest absolute Gasteiger partial charge is 0.342 e. The standard InChI is InChI=1S/C15H28N2O/c1-12-4-6-13(7-5-12)17(3)14(18)15(2)8-10-16-11-9-15/h12-13,16H,4-11H2,1-3H3. The van der Waals surface area contributed by atoms with Gasteiger partial charge in [-0.2, -0.15) is 0 Å². The van der Waals surface area contributed by atoms with E-state index in [-0.39, 0.29) is 5.41 Å². The van der Waals surface area contributed by atoms with Crippen molar-refractivity contribution in [3.63, 3.8) is 0 Å². The molecule has 1 aliphatic heterocycles. The highest BCUT2D eigenvalue weighted by atomic mass is 16.2. The third-order valence-electron chi connectivity index (χ3n) is 5.08. The van der Waals surface area contributed by atoms with Gasteiger partial charge in [-0.05, 0) is 57.5 Å². The number of hydrogen-bond donors (Lipinski definition) is 1. The highest BCUT2D eigenvalue weighted by Crippen LogP contribution is 2.33. The summed E-state index contributed by atoms with van der Waals surface area (Å²) in [6, 6.07) is 0.486. The summed E-state index contributed by atoms with van der Waals surface area (Å²) in [5.74, 6) is 1.22. The van der Waals surface area contributed by atoms with Crippen LogP contribution in [0.1, 0.15) is 52.4 Å². The Morgan fingerprint density at radius 2 is 1.72 bits per heavy atom. The lowest BCUT2D eigenvalue weighted by Crippen LogP contribution is -2.50. The molecule has 2 aliphatic rings. The van der Waals surface area contributed by atoms with Gasteiger partial charge in [-0.25, -0.2) is 0 Å². The fourth-order valence-electron chi connectivity index (χ4n) is 3.41. The Morgan fingerprint density at radius 1 is 1.17 bits per heavy atom. The van der Waals surface area contributed by atoms with E-state index >= 15 is 0 Å². The highest BCUT2D eigenvalue weighted by Gasteiger charge is 2.38. The smallest absolute Gasteiger partial charge is 0.228 e. The zero-order valence-corrected chi connectivity index (χ0v) is 12.2. The summed E-state index contributed by atoms with van der Waals surface area (Å²) in [7, 11) is 2.02. The number of amides is 1. The van der Waals surface area contributed by atoms with Crippen LogP contribution in [-0.4, -0.2) is 37.0 Å². The van der Waals surface area contributed by atoms with E-state index in [4.69, 9.17) is 0 Å². The molecule has 2 fully saturated rings. The van der Waals surface area contributed by atoms with Gasteiger partial charge in [-0.1, -0.05) is 13.8 Å². The van der Waals surface area contributed by atoms with Crippen LogP contribution in [0.2, 0.25) is 0 Å². The molecule has 1 amide bonds.